The molecule has 1 aliphatic heterocycles. The first-order chi connectivity index (χ1) is 15.2. The largest absolute Gasteiger partial charge is 0.382 e. The number of hydrogen-bond donors (Lipinski definition) is 0. The number of carbonyl (C=O) groups is 2. The Balaban J connectivity index is 1.51. The number of amides is 2. The zero-order valence-corrected chi connectivity index (χ0v) is 19.1. The first-order valence-electron chi connectivity index (χ1n) is 11.5. The average Bonchev–Trinajstić information content (AvgIpc) is 3.23. The normalized spacial score (nSPS) is 18.4. The van der Waals surface area contributed by atoms with Crippen LogP contribution in [-0.4, -0.2) is 54.5 Å². The summed E-state index contributed by atoms with van der Waals surface area (Å²) in [6.45, 7) is 4.69. The van der Waals surface area contributed by atoms with Crippen LogP contribution in [0.5, 0.6) is 0 Å². The van der Waals surface area contributed by atoms with E-state index in [4.69, 9.17) is 4.74 Å². The second-order valence-electron chi connectivity index (χ2n) is 8.39. The Morgan fingerprint density at radius 3 is 2.71 bits per heavy atom. The molecule has 2 heterocycles. The molecule has 1 unspecified atom stereocenters. The summed E-state index contributed by atoms with van der Waals surface area (Å²) in [6.07, 6.45) is 4.65. The predicted molar refractivity (Wildman–Crippen MR) is 123 cm³/mol. The van der Waals surface area contributed by atoms with Crippen LogP contribution in [0.2, 0.25) is 0 Å². The highest BCUT2D eigenvalue weighted by molar-refractivity contribution is 7.10. The Labute approximate surface area is 189 Å². The number of rotatable bonds is 9. The highest BCUT2D eigenvalue weighted by atomic mass is 32.1. The first-order valence-corrected chi connectivity index (χ1v) is 12.3. The van der Waals surface area contributed by atoms with Crippen molar-refractivity contribution in [3.63, 3.8) is 0 Å². The third-order valence-corrected chi connectivity index (χ3v) is 7.41. The highest BCUT2D eigenvalue weighted by Crippen LogP contribution is 2.38. The van der Waals surface area contributed by atoms with Crippen molar-refractivity contribution < 1.29 is 14.3 Å². The van der Waals surface area contributed by atoms with Crippen molar-refractivity contribution in [2.24, 2.45) is 5.92 Å². The van der Waals surface area contributed by atoms with Crippen LogP contribution >= 0.6 is 11.3 Å². The van der Waals surface area contributed by atoms with E-state index >= 15 is 0 Å². The molecule has 0 spiro atoms. The van der Waals surface area contributed by atoms with Crippen molar-refractivity contribution in [3.05, 3.63) is 57.8 Å². The lowest BCUT2D eigenvalue weighted by Gasteiger charge is -2.38. The molecule has 1 aromatic carbocycles. The van der Waals surface area contributed by atoms with Crippen LogP contribution in [0, 0.1) is 5.92 Å². The summed E-state index contributed by atoms with van der Waals surface area (Å²) in [7, 11) is 0. The maximum absolute atomic E-state index is 13.6. The van der Waals surface area contributed by atoms with Crippen LogP contribution < -0.4 is 0 Å². The van der Waals surface area contributed by atoms with Crippen molar-refractivity contribution in [1.82, 2.24) is 9.80 Å². The van der Waals surface area contributed by atoms with Gasteiger partial charge in [0.2, 0.25) is 11.8 Å². The van der Waals surface area contributed by atoms with E-state index in [-0.39, 0.29) is 30.3 Å². The van der Waals surface area contributed by atoms with Crippen molar-refractivity contribution in [2.45, 2.75) is 45.1 Å². The molecule has 0 bridgehead atoms. The predicted octanol–water partition coefficient (Wildman–Crippen LogP) is 4.28. The molecule has 1 fully saturated rings. The van der Waals surface area contributed by atoms with Gasteiger partial charge in [-0.15, -0.1) is 11.3 Å². The lowest BCUT2D eigenvalue weighted by molar-refractivity contribution is -0.145. The van der Waals surface area contributed by atoms with E-state index in [0.717, 1.165) is 37.7 Å². The minimum atomic E-state index is -0.0761. The Morgan fingerprint density at radius 1 is 1.19 bits per heavy atom. The van der Waals surface area contributed by atoms with Crippen LogP contribution in [0.25, 0.3) is 0 Å². The third kappa shape index (κ3) is 5.01. The van der Waals surface area contributed by atoms with E-state index in [9.17, 15) is 9.59 Å². The van der Waals surface area contributed by atoms with Crippen LogP contribution in [0.4, 0.5) is 0 Å². The summed E-state index contributed by atoms with van der Waals surface area (Å²) in [6, 6.07) is 12.3. The van der Waals surface area contributed by atoms with Gasteiger partial charge < -0.3 is 14.5 Å². The fourth-order valence-corrected chi connectivity index (χ4v) is 5.42. The summed E-state index contributed by atoms with van der Waals surface area (Å²) in [5, 5.41) is 2.12. The minimum Gasteiger partial charge on any atom is -0.382 e. The van der Waals surface area contributed by atoms with Crippen molar-refractivity contribution in [2.75, 3.05) is 32.8 Å². The number of benzene rings is 1. The molecule has 2 aliphatic rings. The van der Waals surface area contributed by atoms with Gasteiger partial charge in [-0.25, -0.2) is 0 Å². The molecule has 31 heavy (non-hydrogen) atoms. The second-order valence-corrected chi connectivity index (χ2v) is 9.39. The summed E-state index contributed by atoms with van der Waals surface area (Å²) in [5.41, 5.74) is 2.35. The number of fused-ring (bicyclic) bond motifs is 1. The molecule has 2 aromatic rings. The molecule has 6 heteroatoms. The number of thiophene rings is 1. The lowest BCUT2D eigenvalue weighted by atomic mass is 9.84. The molecule has 1 saturated carbocycles. The topological polar surface area (TPSA) is 49.9 Å². The monoisotopic (exact) mass is 440 g/mol. The molecule has 1 aliphatic carbocycles. The van der Waals surface area contributed by atoms with Crippen LogP contribution in [0.15, 0.2) is 41.8 Å². The van der Waals surface area contributed by atoms with Crippen LogP contribution in [0.3, 0.4) is 0 Å². The van der Waals surface area contributed by atoms with Gasteiger partial charge in [0.25, 0.3) is 0 Å². The third-order valence-electron chi connectivity index (χ3n) is 6.41. The zero-order valence-electron chi connectivity index (χ0n) is 18.3. The van der Waals surface area contributed by atoms with Gasteiger partial charge in [-0.1, -0.05) is 36.8 Å². The van der Waals surface area contributed by atoms with Gasteiger partial charge in [-0.05, 0) is 55.2 Å². The smallest absolute Gasteiger partial charge is 0.242 e. The van der Waals surface area contributed by atoms with E-state index in [2.05, 4.69) is 23.6 Å². The molecule has 0 radical (unpaired) electrons. The number of carbonyl (C=O) groups excluding carboxylic acids is 2. The van der Waals surface area contributed by atoms with E-state index in [1.807, 2.05) is 30.0 Å². The summed E-state index contributed by atoms with van der Waals surface area (Å²) in [5.74, 6) is 0.269. The SMILES string of the molecule is CCOCCCN(CC(=O)N1CCc2sccc2C1c1ccccc1)C(=O)C1CCC1. The van der Waals surface area contributed by atoms with Crippen molar-refractivity contribution >= 4 is 23.2 Å². The molecule has 0 saturated heterocycles. The Morgan fingerprint density at radius 2 is 2.00 bits per heavy atom. The zero-order chi connectivity index (χ0) is 21.6. The average molecular weight is 441 g/mol. The first kappa shape index (κ1) is 22.0. The molecular weight excluding hydrogens is 408 g/mol. The second kappa shape index (κ2) is 10.4. The maximum atomic E-state index is 13.6. The van der Waals surface area contributed by atoms with Gasteiger partial charge in [-0.3, -0.25) is 9.59 Å². The lowest BCUT2D eigenvalue weighted by Crippen LogP contribution is -2.49. The summed E-state index contributed by atoms with van der Waals surface area (Å²) < 4.78 is 5.46. The molecular formula is C25H32N2O3S. The summed E-state index contributed by atoms with van der Waals surface area (Å²) in [4.78, 5) is 31.7. The maximum Gasteiger partial charge on any atom is 0.242 e. The van der Waals surface area contributed by atoms with Gasteiger partial charge in [0.1, 0.15) is 0 Å². The van der Waals surface area contributed by atoms with Crippen molar-refractivity contribution in [3.8, 4) is 0 Å². The quantitative estimate of drug-likeness (QED) is 0.547. The molecule has 0 N–H and O–H groups in total. The van der Waals surface area contributed by atoms with Gasteiger partial charge in [0.15, 0.2) is 0 Å². The summed E-state index contributed by atoms with van der Waals surface area (Å²) >= 11 is 1.77. The standard InChI is InChI=1S/C25H32N2O3S/c1-2-30-16-7-14-26(25(29)20-10-6-11-20)18-23(28)27-15-12-22-21(13-17-31-22)24(27)19-8-4-3-5-9-19/h3-5,8-9,13,17,20,24H,2,6-7,10-12,14-16,18H2,1H3. The number of nitrogens with zero attached hydrogens (tertiary/aromatic N) is 2. The Hall–Kier alpha value is -2.18. The van der Waals surface area contributed by atoms with Crippen LogP contribution in [-0.2, 0) is 20.7 Å². The highest BCUT2D eigenvalue weighted by Gasteiger charge is 2.35. The van der Waals surface area contributed by atoms with Gasteiger partial charge in [0.05, 0.1) is 12.6 Å². The Bertz CT molecular complexity index is 878. The van der Waals surface area contributed by atoms with Crippen molar-refractivity contribution in [1.29, 1.82) is 0 Å². The molecule has 1 aromatic heterocycles. The molecule has 2 amide bonds. The number of ether oxygens (including phenoxy) is 1. The fraction of sp³-hybridized carbons (Fsp3) is 0.520. The van der Waals surface area contributed by atoms with Gasteiger partial charge in [0, 0.05) is 37.1 Å². The van der Waals surface area contributed by atoms with E-state index in [1.54, 1.807) is 16.2 Å². The molecule has 1 atom stereocenters. The van der Waals surface area contributed by atoms with E-state index in [0.29, 0.717) is 26.3 Å². The van der Waals surface area contributed by atoms with Gasteiger partial charge in [-0.2, -0.15) is 0 Å². The number of hydrogen-bond acceptors (Lipinski definition) is 4. The molecule has 166 valence electrons. The van der Waals surface area contributed by atoms with Crippen LogP contribution in [0.1, 0.15) is 54.7 Å². The molecule has 4 rings (SSSR count). The van der Waals surface area contributed by atoms with Gasteiger partial charge >= 0.3 is 0 Å². The fourth-order valence-electron chi connectivity index (χ4n) is 4.52. The Kier molecular flexibility index (Phi) is 7.41. The van der Waals surface area contributed by atoms with E-state index in [1.165, 1.54) is 10.4 Å². The minimum absolute atomic E-state index is 0.0368. The molecule has 5 nitrogen and oxygen atoms in total. The van der Waals surface area contributed by atoms with E-state index < -0.39 is 0 Å².